The molecule has 1 aliphatic rings. The molecule has 0 spiro atoms. The Bertz CT molecular complexity index is 1340. The molecule has 184 valence electrons. The smallest absolute Gasteiger partial charge is 0.294 e. The molecule has 36 heavy (non-hydrogen) atoms. The van der Waals surface area contributed by atoms with Crippen molar-refractivity contribution in [3.05, 3.63) is 94.7 Å². The molecule has 1 saturated heterocycles. The number of rotatable bonds is 7. The Labute approximate surface area is 242 Å². The van der Waals surface area contributed by atoms with Gasteiger partial charge in [0.15, 0.2) is 0 Å². The van der Waals surface area contributed by atoms with Crippen LogP contribution in [0, 0.1) is 13.0 Å². The molecule has 1 aliphatic heterocycles. The van der Waals surface area contributed by atoms with E-state index in [1.165, 1.54) is 24.3 Å². The molecule has 3 aromatic carbocycles. The third-order valence-electron chi connectivity index (χ3n) is 4.92. The van der Waals surface area contributed by atoms with Gasteiger partial charge in [0, 0.05) is 10.7 Å². The number of ether oxygens (including phenoxy) is 1. The minimum atomic E-state index is -0.559. The molecule has 0 aromatic heterocycles. The second-order valence-electron chi connectivity index (χ2n) is 7.55. The highest BCUT2D eigenvalue weighted by atomic mass is 127. The summed E-state index contributed by atoms with van der Waals surface area (Å²) in [6, 6.07) is 16.3. The van der Waals surface area contributed by atoms with Gasteiger partial charge in [0.1, 0.15) is 24.7 Å². The third kappa shape index (κ3) is 6.78. The number of carbonyl (C=O) groups is 3. The molecule has 0 saturated carbocycles. The van der Waals surface area contributed by atoms with Gasteiger partial charge in [0.2, 0.25) is 5.91 Å². The fourth-order valence-electron chi connectivity index (χ4n) is 3.20. The van der Waals surface area contributed by atoms with E-state index in [1.807, 2.05) is 24.3 Å². The van der Waals surface area contributed by atoms with Crippen molar-refractivity contribution >= 4 is 97.4 Å². The van der Waals surface area contributed by atoms with Crippen LogP contribution < -0.4 is 10.1 Å². The fourth-order valence-corrected chi connectivity index (χ4v) is 6.29. The van der Waals surface area contributed by atoms with E-state index in [9.17, 15) is 18.8 Å². The lowest BCUT2D eigenvalue weighted by Crippen LogP contribution is -2.36. The van der Waals surface area contributed by atoms with Gasteiger partial charge in [0.25, 0.3) is 11.1 Å². The van der Waals surface area contributed by atoms with Gasteiger partial charge in [-0.15, -0.1) is 0 Å². The van der Waals surface area contributed by atoms with Crippen LogP contribution in [0.2, 0.25) is 5.02 Å². The predicted molar refractivity (Wildman–Crippen MR) is 155 cm³/mol. The zero-order valence-corrected chi connectivity index (χ0v) is 24.2. The number of amides is 3. The Hall–Kier alpha value is -2.16. The van der Waals surface area contributed by atoms with Crippen molar-refractivity contribution in [2.45, 2.75) is 6.61 Å². The first-order valence-corrected chi connectivity index (χ1v) is 13.7. The van der Waals surface area contributed by atoms with Crippen molar-refractivity contribution in [3.63, 3.8) is 0 Å². The molecular formula is C25H16ClFI2N2O4S. The molecule has 0 radical (unpaired) electrons. The topological polar surface area (TPSA) is 75.7 Å². The van der Waals surface area contributed by atoms with Crippen molar-refractivity contribution in [2.24, 2.45) is 0 Å². The number of nitrogens with zero attached hydrogens (tertiary/aromatic N) is 1. The molecule has 0 atom stereocenters. The molecule has 0 bridgehead atoms. The summed E-state index contributed by atoms with van der Waals surface area (Å²) in [6.45, 7) is -0.0622. The summed E-state index contributed by atoms with van der Waals surface area (Å²) >= 11 is 11.0. The summed E-state index contributed by atoms with van der Waals surface area (Å²) in [4.78, 5) is 38.7. The number of thioether (sulfide) groups is 1. The highest BCUT2D eigenvalue weighted by molar-refractivity contribution is 14.1. The van der Waals surface area contributed by atoms with E-state index >= 15 is 0 Å². The second kappa shape index (κ2) is 11.9. The van der Waals surface area contributed by atoms with Crippen LogP contribution in [-0.4, -0.2) is 28.5 Å². The van der Waals surface area contributed by atoms with Crippen molar-refractivity contribution in [1.29, 1.82) is 0 Å². The van der Waals surface area contributed by atoms with Crippen LogP contribution in [0.4, 0.5) is 14.9 Å². The van der Waals surface area contributed by atoms with Gasteiger partial charge < -0.3 is 10.1 Å². The normalized spacial score (nSPS) is 14.4. The first-order valence-electron chi connectivity index (χ1n) is 10.4. The maximum atomic E-state index is 13.0. The highest BCUT2D eigenvalue weighted by Crippen LogP contribution is 2.35. The van der Waals surface area contributed by atoms with Crippen LogP contribution >= 0.6 is 68.5 Å². The molecule has 11 heteroatoms. The third-order valence-corrected chi connectivity index (χ3v) is 7.68. The van der Waals surface area contributed by atoms with Crippen molar-refractivity contribution in [3.8, 4) is 5.75 Å². The summed E-state index contributed by atoms with van der Waals surface area (Å²) in [7, 11) is 0. The number of carbonyl (C=O) groups excluding carboxylic acids is 3. The van der Waals surface area contributed by atoms with E-state index in [0.29, 0.717) is 23.1 Å². The van der Waals surface area contributed by atoms with Crippen LogP contribution in [0.1, 0.15) is 11.1 Å². The van der Waals surface area contributed by atoms with E-state index in [0.717, 1.165) is 34.9 Å². The summed E-state index contributed by atoms with van der Waals surface area (Å²) in [6.07, 6.45) is 1.62. The minimum absolute atomic E-state index is 0.219. The monoisotopic (exact) mass is 748 g/mol. The van der Waals surface area contributed by atoms with Gasteiger partial charge in [-0.2, -0.15) is 0 Å². The minimum Gasteiger partial charge on any atom is -0.487 e. The second-order valence-corrected chi connectivity index (χ2v) is 11.3. The Kier molecular flexibility index (Phi) is 8.91. The number of hydrogen-bond acceptors (Lipinski definition) is 5. The summed E-state index contributed by atoms with van der Waals surface area (Å²) in [5.41, 5.74) is 2.07. The molecule has 1 heterocycles. The number of anilines is 1. The zero-order chi connectivity index (χ0) is 25.8. The van der Waals surface area contributed by atoms with Crippen LogP contribution in [-0.2, 0) is 16.2 Å². The zero-order valence-electron chi connectivity index (χ0n) is 18.3. The molecule has 6 nitrogen and oxygen atoms in total. The van der Waals surface area contributed by atoms with Crippen LogP contribution in [0.3, 0.4) is 0 Å². The van der Waals surface area contributed by atoms with E-state index < -0.39 is 29.4 Å². The average molecular weight is 749 g/mol. The lowest BCUT2D eigenvalue weighted by molar-refractivity contribution is -0.127. The van der Waals surface area contributed by atoms with Gasteiger partial charge >= 0.3 is 0 Å². The van der Waals surface area contributed by atoms with Gasteiger partial charge in [-0.3, -0.25) is 19.3 Å². The number of nitrogens with one attached hydrogen (secondary N) is 1. The molecular weight excluding hydrogens is 733 g/mol. The summed E-state index contributed by atoms with van der Waals surface area (Å²) in [5, 5.41) is 2.67. The number of imide groups is 1. The van der Waals surface area contributed by atoms with Crippen LogP contribution in [0.25, 0.3) is 6.08 Å². The Morgan fingerprint density at radius 3 is 2.33 bits per heavy atom. The average Bonchev–Trinajstić information content (AvgIpc) is 3.08. The number of benzene rings is 3. The maximum absolute atomic E-state index is 13.0. The van der Waals surface area contributed by atoms with E-state index in [1.54, 1.807) is 18.2 Å². The van der Waals surface area contributed by atoms with E-state index in [2.05, 4.69) is 50.5 Å². The summed E-state index contributed by atoms with van der Waals surface area (Å²) < 4.78 is 20.7. The highest BCUT2D eigenvalue weighted by Gasteiger charge is 2.36. The van der Waals surface area contributed by atoms with Gasteiger partial charge in [-0.05, 0) is 123 Å². The largest absolute Gasteiger partial charge is 0.487 e. The quantitative estimate of drug-likeness (QED) is 0.210. The number of halogens is 4. The van der Waals surface area contributed by atoms with Crippen LogP contribution in [0.5, 0.6) is 5.75 Å². The predicted octanol–water partition coefficient (Wildman–Crippen LogP) is 6.94. The van der Waals surface area contributed by atoms with Crippen LogP contribution in [0.15, 0.2) is 65.6 Å². The van der Waals surface area contributed by atoms with Crippen molar-refractivity contribution in [2.75, 3.05) is 11.9 Å². The Morgan fingerprint density at radius 1 is 1.06 bits per heavy atom. The van der Waals surface area contributed by atoms with Gasteiger partial charge in [0.05, 0.1) is 12.0 Å². The lowest BCUT2D eigenvalue weighted by Gasteiger charge is -2.13. The fraction of sp³-hybridized carbons (Fsp3) is 0.0800. The Morgan fingerprint density at radius 2 is 1.69 bits per heavy atom. The lowest BCUT2D eigenvalue weighted by atomic mass is 10.2. The molecule has 1 N–H and O–H groups in total. The molecule has 4 rings (SSSR count). The standard InChI is InChI=1S/C25H16ClFI2N2O4S/c26-16-3-1-14(2-4-16)13-35-23-19(28)9-15(10-20(23)29)11-21-24(33)31(25(34)36-21)12-22(32)30-18-7-5-17(27)6-8-18/h1-11H,12-13H2,(H,30,32)/b21-11-. The van der Waals surface area contributed by atoms with Gasteiger partial charge in [-0.1, -0.05) is 23.7 Å². The maximum Gasteiger partial charge on any atom is 0.294 e. The molecule has 1 fully saturated rings. The SMILES string of the molecule is O=C(CN1C(=O)S/C(=C\c2cc(I)c(OCc3ccc(Cl)cc3)c(I)c2)C1=O)Nc1ccc(F)cc1. The van der Waals surface area contributed by atoms with Gasteiger partial charge in [-0.25, -0.2) is 4.39 Å². The molecule has 3 aromatic rings. The van der Waals surface area contributed by atoms with Crippen molar-refractivity contribution in [1.82, 2.24) is 4.90 Å². The Balaban J connectivity index is 1.43. The van der Waals surface area contributed by atoms with Crippen molar-refractivity contribution < 1.29 is 23.5 Å². The first kappa shape index (κ1) is 26.9. The molecule has 0 unspecified atom stereocenters. The number of hydrogen-bond donors (Lipinski definition) is 1. The van der Waals surface area contributed by atoms with E-state index in [4.69, 9.17) is 16.3 Å². The molecule has 3 amide bonds. The van der Waals surface area contributed by atoms with E-state index in [-0.39, 0.29) is 4.91 Å². The first-order chi connectivity index (χ1) is 17.2. The molecule has 0 aliphatic carbocycles. The summed E-state index contributed by atoms with van der Waals surface area (Å²) in [5.74, 6) is -0.827.